The van der Waals surface area contributed by atoms with Gasteiger partial charge in [-0.15, -0.1) is 0 Å². The molecule has 1 aromatic rings. The van der Waals surface area contributed by atoms with E-state index in [4.69, 9.17) is 4.89 Å². The molecule has 0 spiro atoms. The molecule has 0 amide bonds. The number of pyridine rings is 1. The molecule has 1 N–H and O–H groups in total. The zero-order valence-electron chi connectivity index (χ0n) is 5.38. The molecule has 1 aromatic heterocycles. The third-order valence-corrected chi connectivity index (χ3v) is 1.26. The van der Waals surface area contributed by atoms with Crippen molar-refractivity contribution in [1.82, 2.24) is 4.98 Å². The van der Waals surface area contributed by atoms with Crippen molar-refractivity contribution in [3.05, 3.63) is 24.4 Å². The van der Waals surface area contributed by atoms with Gasteiger partial charge in [0.05, 0.1) is 0 Å². The van der Waals surface area contributed by atoms with E-state index >= 15 is 0 Å². The number of rotatable bonds is 2. The third kappa shape index (κ3) is 3.13. The fourth-order valence-corrected chi connectivity index (χ4v) is 0.864. The van der Waals surface area contributed by atoms with Crippen molar-refractivity contribution in [2.75, 3.05) is 0 Å². The van der Waals surface area contributed by atoms with E-state index in [9.17, 15) is 9.46 Å². The van der Waals surface area contributed by atoms with Crippen molar-refractivity contribution in [3.63, 3.8) is 0 Å². The number of phosphoric acid groups is 1. The average Bonchev–Trinajstić information content (AvgIpc) is 1.85. The van der Waals surface area contributed by atoms with Gasteiger partial charge in [-0.25, -0.2) is 4.98 Å². The van der Waals surface area contributed by atoms with Crippen LogP contribution in [0.5, 0.6) is 5.88 Å². The van der Waals surface area contributed by atoms with Crippen LogP contribution in [0.2, 0.25) is 0 Å². The van der Waals surface area contributed by atoms with Crippen LogP contribution in [0.4, 0.5) is 0 Å². The fraction of sp³-hybridized carbons (Fsp3) is 0. The molecule has 0 aliphatic heterocycles. The Balaban J connectivity index is 2.74. The Morgan fingerprint density at radius 3 is 2.82 bits per heavy atom. The fourth-order valence-electron chi connectivity index (χ4n) is 0.519. The van der Waals surface area contributed by atoms with Crippen LogP contribution < -0.4 is 9.42 Å². The van der Waals surface area contributed by atoms with Gasteiger partial charge in [0.1, 0.15) is 0 Å². The predicted octanol–water partition coefficient (Wildman–Crippen LogP) is -0.0789. The smallest absolute Gasteiger partial charge is 0.318 e. The molecule has 0 aliphatic carbocycles. The molecule has 0 aromatic carbocycles. The lowest BCUT2D eigenvalue weighted by atomic mass is 10.5. The van der Waals surface area contributed by atoms with Gasteiger partial charge in [-0.2, -0.15) is 0 Å². The first-order valence-corrected chi connectivity index (χ1v) is 4.22. The Labute approximate surface area is 62.9 Å². The summed E-state index contributed by atoms with van der Waals surface area (Å²) in [7, 11) is -4.70. The first-order valence-electron chi connectivity index (χ1n) is 2.72. The topological polar surface area (TPSA) is 82.5 Å². The summed E-state index contributed by atoms with van der Waals surface area (Å²) in [5.41, 5.74) is 0. The molecule has 0 radical (unpaired) electrons. The van der Waals surface area contributed by atoms with E-state index in [1.54, 1.807) is 6.07 Å². The lowest BCUT2D eigenvalue weighted by Crippen LogP contribution is -2.06. The second-order valence-electron chi connectivity index (χ2n) is 1.73. The molecular weight excluding hydrogens is 169 g/mol. The molecule has 60 valence electrons. The zero-order chi connectivity index (χ0) is 8.32. The van der Waals surface area contributed by atoms with Crippen LogP contribution in [0.1, 0.15) is 0 Å². The van der Waals surface area contributed by atoms with Crippen LogP contribution in [-0.2, 0) is 4.57 Å². The number of hydrogen-bond acceptors (Lipinski definition) is 4. The Morgan fingerprint density at radius 1 is 1.64 bits per heavy atom. The van der Waals surface area contributed by atoms with E-state index in [2.05, 4.69) is 9.51 Å². The van der Waals surface area contributed by atoms with Gasteiger partial charge in [-0.3, -0.25) is 4.57 Å². The predicted molar refractivity (Wildman–Crippen MR) is 34.7 cm³/mol. The van der Waals surface area contributed by atoms with Crippen molar-refractivity contribution in [1.29, 1.82) is 0 Å². The van der Waals surface area contributed by atoms with Crippen molar-refractivity contribution in [2.24, 2.45) is 0 Å². The lowest BCUT2D eigenvalue weighted by molar-refractivity contribution is -0.211. The van der Waals surface area contributed by atoms with E-state index in [-0.39, 0.29) is 5.88 Å². The molecular formula is C5H5NO4P-. The van der Waals surface area contributed by atoms with Gasteiger partial charge >= 0.3 is 7.82 Å². The normalized spacial score (nSPS) is 15.5. The van der Waals surface area contributed by atoms with Gasteiger partial charge in [-0.1, -0.05) is 6.07 Å². The highest BCUT2D eigenvalue weighted by molar-refractivity contribution is 7.45. The second kappa shape index (κ2) is 3.00. The van der Waals surface area contributed by atoms with Crippen LogP contribution >= 0.6 is 7.82 Å². The Hall–Kier alpha value is -0.900. The highest BCUT2D eigenvalue weighted by Gasteiger charge is 2.03. The van der Waals surface area contributed by atoms with Crippen molar-refractivity contribution < 1.29 is 18.9 Å². The first kappa shape index (κ1) is 8.20. The summed E-state index contributed by atoms with van der Waals surface area (Å²) >= 11 is 0. The number of hydrogen-bond donors (Lipinski definition) is 1. The number of phosphoric ester groups is 1. The van der Waals surface area contributed by atoms with Crippen molar-refractivity contribution >= 4 is 7.82 Å². The number of aromatic nitrogens is 1. The molecule has 11 heavy (non-hydrogen) atoms. The summed E-state index contributed by atoms with van der Waals surface area (Å²) in [6.45, 7) is 0. The minimum absolute atomic E-state index is 0.145. The summed E-state index contributed by atoms with van der Waals surface area (Å²) in [5.74, 6) is -0.145. The van der Waals surface area contributed by atoms with Crippen LogP contribution in [0.15, 0.2) is 24.4 Å². The summed E-state index contributed by atoms with van der Waals surface area (Å²) in [6.07, 6.45) is 1.35. The molecule has 0 saturated heterocycles. The van der Waals surface area contributed by atoms with Gasteiger partial charge in [0.25, 0.3) is 0 Å². The summed E-state index contributed by atoms with van der Waals surface area (Å²) < 4.78 is 14.2. The minimum Gasteiger partial charge on any atom is -0.746 e. The lowest BCUT2D eigenvalue weighted by Gasteiger charge is -2.14. The van der Waals surface area contributed by atoms with E-state index in [1.165, 1.54) is 18.3 Å². The average molecular weight is 174 g/mol. The Bertz CT molecular complexity index is 269. The van der Waals surface area contributed by atoms with Gasteiger partial charge in [0.15, 0.2) is 0 Å². The van der Waals surface area contributed by atoms with E-state index < -0.39 is 7.82 Å². The molecule has 6 heteroatoms. The molecule has 0 bridgehead atoms. The van der Waals surface area contributed by atoms with Crippen LogP contribution in [0.25, 0.3) is 0 Å². The molecule has 5 nitrogen and oxygen atoms in total. The first-order chi connectivity index (χ1) is 5.08. The minimum atomic E-state index is -4.70. The molecule has 1 rings (SSSR count). The molecule has 0 saturated carbocycles. The highest BCUT2D eigenvalue weighted by atomic mass is 31.2. The monoisotopic (exact) mass is 174 g/mol. The Kier molecular flexibility index (Phi) is 2.24. The molecule has 1 heterocycles. The maximum atomic E-state index is 10.1. The molecule has 1 atom stereocenters. The molecule has 0 fully saturated rings. The second-order valence-corrected chi connectivity index (χ2v) is 2.85. The highest BCUT2D eigenvalue weighted by Crippen LogP contribution is 2.31. The van der Waals surface area contributed by atoms with Crippen molar-refractivity contribution in [2.45, 2.75) is 0 Å². The van der Waals surface area contributed by atoms with Crippen LogP contribution in [0.3, 0.4) is 0 Å². The maximum absolute atomic E-state index is 10.1. The van der Waals surface area contributed by atoms with E-state index in [0.717, 1.165) is 0 Å². The van der Waals surface area contributed by atoms with Crippen LogP contribution in [-0.4, -0.2) is 9.88 Å². The third-order valence-electron chi connectivity index (χ3n) is 0.847. The van der Waals surface area contributed by atoms with Gasteiger partial charge in [0, 0.05) is 12.3 Å². The Morgan fingerprint density at radius 2 is 2.36 bits per heavy atom. The van der Waals surface area contributed by atoms with E-state index in [1.807, 2.05) is 0 Å². The van der Waals surface area contributed by atoms with Gasteiger partial charge in [0.2, 0.25) is 5.88 Å². The SMILES string of the molecule is O=P([O-])(O)Oc1ccccn1. The largest absolute Gasteiger partial charge is 0.746 e. The summed E-state index contributed by atoms with van der Waals surface area (Å²) in [5, 5.41) is 0. The van der Waals surface area contributed by atoms with Crippen LogP contribution in [0, 0.1) is 0 Å². The standard InChI is InChI=1S/C5H6NO4P/c7-11(8,9)10-5-3-1-2-4-6-5/h1-4H,(H2,7,8,9)/p-1. The quantitative estimate of drug-likeness (QED) is 0.634. The maximum Gasteiger partial charge on any atom is 0.318 e. The van der Waals surface area contributed by atoms with Gasteiger partial charge in [-0.05, 0) is 6.07 Å². The number of nitrogens with zero attached hydrogens (tertiary/aromatic N) is 1. The van der Waals surface area contributed by atoms with Gasteiger partial charge < -0.3 is 14.3 Å². The summed E-state index contributed by atoms with van der Waals surface area (Å²) in [4.78, 5) is 21.8. The zero-order valence-corrected chi connectivity index (χ0v) is 6.27. The molecule has 1 unspecified atom stereocenters. The van der Waals surface area contributed by atoms with E-state index in [0.29, 0.717) is 0 Å². The van der Waals surface area contributed by atoms with Crippen molar-refractivity contribution in [3.8, 4) is 5.88 Å². The summed E-state index contributed by atoms with van der Waals surface area (Å²) in [6, 6.07) is 4.46. The molecule has 0 aliphatic rings.